The number of amides is 1. The van der Waals surface area contributed by atoms with Gasteiger partial charge >= 0.3 is 0 Å². The number of carbonyl (C=O) groups is 1. The summed E-state index contributed by atoms with van der Waals surface area (Å²) >= 11 is 0. The van der Waals surface area contributed by atoms with E-state index in [0.717, 1.165) is 27.9 Å². The SMILES string of the molecule is Cc1cc(C)cc(NC(=O)CN2CCN(S(=O)(=O)c3ccc(C)c(C)c3)CC2)c1. The van der Waals surface area contributed by atoms with E-state index in [1.165, 1.54) is 4.31 Å². The number of nitrogens with one attached hydrogen (secondary N) is 1. The molecule has 1 heterocycles. The molecule has 1 saturated heterocycles. The first-order valence-corrected chi connectivity index (χ1v) is 11.3. The van der Waals surface area contributed by atoms with Crippen molar-refractivity contribution in [2.75, 3.05) is 38.0 Å². The number of anilines is 1. The average Bonchev–Trinajstić information content (AvgIpc) is 2.63. The van der Waals surface area contributed by atoms with E-state index in [9.17, 15) is 13.2 Å². The van der Waals surface area contributed by atoms with Crippen molar-refractivity contribution in [3.05, 3.63) is 58.7 Å². The van der Waals surface area contributed by atoms with E-state index in [-0.39, 0.29) is 12.5 Å². The molecule has 2 aromatic carbocycles. The van der Waals surface area contributed by atoms with Crippen LogP contribution in [0.25, 0.3) is 0 Å². The maximum Gasteiger partial charge on any atom is 0.243 e. The summed E-state index contributed by atoms with van der Waals surface area (Å²) in [6.07, 6.45) is 0. The van der Waals surface area contributed by atoms with Crippen LogP contribution in [0.4, 0.5) is 5.69 Å². The second-order valence-corrected chi connectivity index (χ2v) is 9.79. The van der Waals surface area contributed by atoms with E-state index in [1.807, 2.05) is 50.8 Å². The van der Waals surface area contributed by atoms with Crippen LogP contribution in [0.1, 0.15) is 22.3 Å². The predicted octanol–water partition coefficient (Wildman–Crippen LogP) is 2.87. The van der Waals surface area contributed by atoms with Crippen LogP contribution in [0.3, 0.4) is 0 Å². The number of nitrogens with zero attached hydrogens (tertiary/aromatic N) is 2. The Bertz CT molecular complexity index is 990. The van der Waals surface area contributed by atoms with Gasteiger partial charge in [-0.1, -0.05) is 12.1 Å². The topological polar surface area (TPSA) is 69.7 Å². The van der Waals surface area contributed by atoms with Crippen molar-refractivity contribution in [2.24, 2.45) is 0 Å². The molecule has 29 heavy (non-hydrogen) atoms. The summed E-state index contributed by atoms with van der Waals surface area (Å²) in [5.74, 6) is -0.0829. The van der Waals surface area contributed by atoms with E-state index in [0.29, 0.717) is 31.1 Å². The van der Waals surface area contributed by atoms with Gasteiger partial charge in [0.15, 0.2) is 0 Å². The monoisotopic (exact) mass is 415 g/mol. The Hall–Kier alpha value is -2.22. The molecule has 0 radical (unpaired) electrons. The first-order chi connectivity index (χ1) is 13.6. The normalized spacial score (nSPS) is 16.0. The predicted molar refractivity (Wildman–Crippen MR) is 116 cm³/mol. The molecule has 1 fully saturated rings. The molecule has 0 spiro atoms. The van der Waals surface area contributed by atoms with E-state index >= 15 is 0 Å². The number of hydrogen-bond acceptors (Lipinski definition) is 4. The Labute approximate surface area is 173 Å². The fourth-order valence-electron chi connectivity index (χ4n) is 3.60. The molecule has 0 saturated carbocycles. The summed E-state index contributed by atoms with van der Waals surface area (Å²) in [5.41, 5.74) is 5.04. The number of hydrogen-bond donors (Lipinski definition) is 1. The van der Waals surface area contributed by atoms with Gasteiger partial charge in [0.1, 0.15) is 0 Å². The minimum atomic E-state index is -3.51. The number of carbonyl (C=O) groups excluding carboxylic acids is 1. The van der Waals surface area contributed by atoms with E-state index in [4.69, 9.17) is 0 Å². The molecule has 0 unspecified atom stereocenters. The number of benzene rings is 2. The Balaban J connectivity index is 1.57. The van der Waals surface area contributed by atoms with Gasteiger partial charge in [-0.2, -0.15) is 4.31 Å². The van der Waals surface area contributed by atoms with E-state index in [1.54, 1.807) is 12.1 Å². The molecule has 2 aromatic rings. The molecule has 1 aliphatic rings. The lowest BCUT2D eigenvalue weighted by Gasteiger charge is -2.33. The highest BCUT2D eigenvalue weighted by Gasteiger charge is 2.29. The van der Waals surface area contributed by atoms with E-state index < -0.39 is 10.0 Å². The molecule has 1 amide bonds. The molecule has 7 heteroatoms. The van der Waals surface area contributed by atoms with Crippen molar-refractivity contribution >= 4 is 21.6 Å². The lowest BCUT2D eigenvalue weighted by Crippen LogP contribution is -2.50. The Morgan fingerprint density at radius 1 is 0.897 bits per heavy atom. The van der Waals surface area contributed by atoms with Gasteiger partial charge in [0.25, 0.3) is 0 Å². The van der Waals surface area contributed by atoms with Gasteiger partial charge in [-0.3, -0.25) is 9.69 Å². The highest BCUT2D eigenvalue weighted by atomic mass is 32.2. The zero-order valence-electron chi connectivity index (χ0n) is 17.5. The zero-order valence-corrected chi connectivity index (χ0v) is 18.3. The Kier molecular flexibility index (Phi) is 6.41. The molecule has 0 aliphatic carbocycles. The maximum absolute atomic E-state index is 12.9. The first kappa shape index (κ1) is 21.5. The van der Waals surface area contributed by atoms with Crippen LogP contribution >= 0.6 is 0 Å². The van der Waals surface area contributed by atoms with E-state index in [2.05, 4.69) is 11.4 Å². The Morgan fingerprint density at radius 3 is 2.10 bits per heavy atom. The van der Waals surface area contributed by atoms with Gasteiger partial charge in [0, 0.05) is 31.9 Å². The zero-order chi connectivity index (χ0) is 21.2. The van der Waals surface area contributed by atoms with Gasteiger partial charge < -0.3 is 5.32 Å². The molecular formula is C22H29N3O3S. The van der Waals surface area contributed by atoms with Crippen molar-refractivity contribution in [3.63, 3.8) is 0 Å². The van der Waals surface area contributed by atoms with Crippen LogP contribution in [-0.4, -0.2) is 56.3 Å². The third-order valence-corrected chi connectivity index (χ3v) is 7.21. The second kappa shape index (κ2) is 8.65. The number of piperazine rings is 1. The lowest BCUT2D eigenvalue weighted by atomic mass is 10.1. The summed E-state index contributed by atoms with van der Waals surface area (Å²) < 4.78 is 27.3. The lowest BCUT2D eigenvalue weighted by molar-refractivity contribution is -0.117. The molecular weight excluding hydrogens is 386 g/mol. The van der Waals surface area contributed by atoms with Crippen LogP contribution in [0.15, 0.2) is 41.3 Å². The minimum Gasteiger partial charge on any atom is -0.325 e. The molecule has 0 bridgehead atoms. The average molecular weight is 416 g/mol. The Morgan fingerprint density at radius 2 is 1.52 bits per heavy atom. The number of rotatable bonds is 5. The van der Waals surface area contributed by atoms with Gasteiger partial charge in [-0.25, -0.2) is 8.42 Å². The standard InChI is InChI=1S/C22H29N3O3S/c1-16-11-17(2)13-20(12-16)23-22(26)15-24-7-9-25(10-8-24)29(27,28)21-6-5-18(3)19(4)14-21/h5-6,11-14H,7-10,15H2,1-4H3,(H,23,26). The highest BCUT2D eigenvalue weighted by Crippen LogP contribution is 2.20. The fraction of sp³-hybridized carbons (Fsp3) is 0.409. The summed E-state index contributed by atoms with van der Waals surface area (Å²) in [6, 6.07) is 11.2. The maximum atomic E-state index is 12.9. The van der Waals surface area contributed by atoms with Crippen molar-refractivity contribution in [1.29, 1.82) is 0 Å². The van der Waals surface area contributed by atoms with Crippen LogP contribution in [0, 0.1) is 27.7 Å². The molecule has 0 aromatic heterocycles. The molecule has 1 N–H and O–H groups in total. The highest BCUT2D eigenvalue weighted by molar-refractivity contribution is 7.89. The molecule has 3 rings (SSSR count). The van der Waals surface area contributed by atoms with Crippen molar-refractivity contribution in [3.8, 4) is 0 Å². The van der Waals surface area contributed by atoms with Gasteiger partial charge in [0.05, 0.1) is 11.4 Å². The molecule has 6 nitrogen and oxygen atoms in total. The molecule has 0 atom stereocenters. The number of sulfonamides is 1. The van der Waals surface area contributed by atoms with Gasteiger partial charge in [-0.15, -0.1) is 0 Å². The molecule has 1 aliphatic heterocycles. The summed E-state index contributed by atoms with van der Waals surface area (Å²) in [6.45, 7) is 9.96. The third-order valence-electron chi connectivity index (χ3n) is 5.32. The van der Waals surface area contributed by atoms with Gasteiger partial charge in [0.2, 0.25) is 15.9 Å². The van der Waals surface area contributed by atoms with Crippen LogP contribution in [0.5, 0.6) is 0 Å². The van der Waals surface area contributed by atoms with Crippen LogP contribution in [0.2, 0.25) is 0 Å². The van der Waals surface area contributed by atoms with Crippen molar-refractivity contribution in [2.45, 2.75) is 32.6 Å². The first-order valence-electron chi connectivity index (χ1n) is 9.83. The van der Waals surface area contributed by atoms with Crippen molar-refractivity contribution < 1.29 is 13.2 Å². The fourth-order valence-corrected chi connectivity index (χ4v) is 5.11. The molecule has 156 valence electrons. The largest absolute Gasteiger partial charge is 0.325 e. The quantitative estimate of drug-likeness (QED) is 0.815. The number of aryl methyl sites for hydroxylation is 4. The summed E-state index contributed by atoms with van der Waals surface area (Å²) in [4.78, 5) is 14.7. The van der Waals surface area contributed by atoms with Crippen molar-refractivity contribution in [1.82, 2.24) is 9.21 Å². The van der Waals surface area contributed by atoms with Crippen LogP contribution < -0.4 is 5.32 Å². The summed E-state index contributed by atoms with van der Waals surface area (Å²) in [7, 11) is -3.51. The smallest absolute Gasteiger partial charge is 0.243 e. The third kappa shape index (κ3) is 5.23. The van der Waals surface area contributed by atoms with Crippen LogP contribution in [-0.2, 0) is 14.8 Å². The second-order valence-electron chi connectivity index (χ2n) is 7.85. The van der Waals surface area contributed by atoms with Gasteiger partial charge in [-0.05, 0) is 74.2 Å². The minimum absolute atomic E-state index is 0.0829. The summed E-state index contributed by atoms with van der Waals surface area (Å²) in [5, 5.41) is 2.94.